The fourth-order valence-corrected chi connectivity index (χ4v) is 4.06. The summed E-state index contributed by atoms with van der Waals surface area (Å²) in [5.74, 6) is -0.912. The maximum atomic E-state index is 13.2. The molecule has 0 saturated heterocycles. The second kappa shape index (κ2) is 9.37. The molecule has 0 radical (unpaired) electrons. The number of pyridine rings is 1. The number of carbonyl (C=O) groups excluding carboxylic acids is 2. The number of thiophene rings is 1. The molecule has 32 heavy (non-hydrogen) atoms. The second-order valence-corrected chi connectivity index (χ2v) is 8.67. The predicted octanol–water partition coefficient (Wildman–Crippen LogP) is 3.01. The maximum absolute atomic E-state index is 13.2. The summed E-state index contributed by atoms with van der Waals surface area (Å²) in [6.07, 6.45) is 5.07. The standard InChI is InChI=1S/C23H24N4O4S/c1-26(2)9-10-30-23(29)19-20(28)18(12-15-13-25-21-17(15)7-4-8-24-21)31-22(19)27(3)14-16-6-5-11-32-16/h4-8,11-13H,9-10,14H2,1-3H3,(H,24,25)/b18-12-. The molecule has 1 N–H and O–H groups in total. The van der Waals surface area contributed by atoms with E-state index in [1.807, 2.05) is 48.6 Å². The average molecular weight is 453 g/mol. The minimum atomic E-state index is -0.686. The Morgan fingerprint density at radius 1 is 1.28 bits per heavy atom. The molecule has 4 rings (SSSR count). The lowest BCUT2D eigenvalue weighted by molar-refractivity contribution is -0.140. The van der Waals surface area contributed by atoms with Crippen LogP contribution >= 0.6 is 11.3 Å². The number of likely N-dealkylation sites (N-methyl/N-ethyl adjacent to an activating group) is 1. The summed E-state index contributed by atoms with van der Waals surface area (Å²) in [5.41, 5.74) is 1.36. The lowest BCUT2D eigenvalue weighted by Gasteiger charge is -2.19. The summed E-state index contributed by atoms with van der Waals surface area (Å²) in [7, 11) is 5.55. The lowest BCUT2D eigenvalue weighted by atomic mass is 10.1. The van der Waals surface area contributed by atoms with Crippen LogP contribution in [0.2, 0.25) is 0 Å². The monoisotopic (exact) mass is 452 g/mol. The molecule has 0 amide bonds. The van der Waals surface area contributed by atoms with Crippen molar-refractivity contribution < 1.29 is 19.1 Å². The predicted molar refractivity (Wildman–Crippen MR) is 122 cm³/mol. The van der Waals surface area contributed by atoms with E-state index in [4.69, 9.17) is 9.47 Å². The van der Waals surface area contributed by atoms with E-state index in [0.717, 1.165) is 15.8 Å². The molecule has 0 spiro atoms. The average Bonchev–Trinajstić information content (AvgIpc) is 3.48. The van der Waals surface area contributed by atoms with Gasteiger partial charge in [0.15, 0.2) is 11.3 Å². The smallest absolute Gasteiger partial charge is 0.347 e. The van der Waals surface area contributed by atoms with Gasteiger partial charge in [-0.2, -0.15) is 0 Å². The van der Waals surface area contributed by atoms with Gasteiger partial charge in [-0.3, -0.25) is 4.79 Å². The molecule has 0 fully saturated rings. The van der Waals surface area contributed by atoms with E-state index in [-0.39, 0.29) is 23.8 Å². The summed E-state index contributed by atoms with van der Waals surface area (Å²) in [6.45, 7) is 1.23. The molecule has 8 nitrogen and oxygen atoms in total. The van der Waals surface area contributed by atoms with Crippen LogP contribution in [-0.2, 0) is 25.6 Å². The Bertz CT molecular complexity index is 1190. The minimum absolute atomic E-state index is 0.0716. The van der Waals surface area contributed by atoms with Crippen LogP contribution in [0, 0.1) is 0 Å². The highest BCUT2D eigenvalue weighted by molar-refractivity contribution is 7.09. The third-order valence-electron chi connectivity index (χ3n) is 4.94. The first-order valence-electron chi connectivity index (χ1n) is 10.1. The molecule has 0 atom stereocenters. The van der Waals surface area contributed by atoms with Gasteiger partial charge in [-0.05, 0) is 43.8 Å². The number of hydrogen-bond donors (Lipinski definition) is 1. The Morgan fingerprint density at radius 3 is 2.88 bits per heavy atom. The normalized spacial score (nSPS) is 15.1. The summed E-state index contributed by atoms with van der Waals surface area (Å²) in [5, 5.41) is 2.83. The number of aromatic amines is 1. The quantitative estimate of drug-likeness (QED) is 0.319. The number of fused-ring (bicyclic) bond motifs is 1. The van der Waals surface area contributed by atoms with Gasteiger partial charge in [0, 0.05) is 41.8 Å². The SMILES string of the molecule is CN(C)CCOC(=O)C1=C(N(C)Cc2cccs2)O/C(=C\c2c[nH]c3ncccc23)C1=O. The van der Waals surface area contributed by atoms with Gasteiger partial charge < -0.3 is 24.3 Å². The number of hydrogen-bond acceptors (Lipinski definition) is 8. The number of allylic oxidation sites excluding steroid dienone is 1. The van der Waals surface area contributed by atoms with Crippen LogP contribution in [0.4, 0.5) is 0 Å². The zero-order valence-electron chi connectivity index (χ0n) is 18.1. The molecule has 166 valence electrons. The molecular weight excluding hydrogens is 428 g/mol. The van der Waals surface area contributed by atoms with Crippen LogP contribution in [0.1, 0.15) is 10.4 Å². The molecular formula is C23H24N4O4S. The lowest BCUT2D eigenvalue weighted by Crippen LogP contribution is -2.24. The Kier molecular flexibility index (Phi) is 6.38. The Balaban J connectivity index is 1.64. The van der Waals surface area contributed by atoms with Crippen molar-refractivity contribution in [2.75, 3.05) is 34.3 Å². The van der Waals surface area contributed by atoms with Gasteiger partial charge in [0.05, 0.1) is 6.54 Å². The summed E-state index contributed by atoms with van der Waals surface area (Å²) >= 11 is 1.59. The first-order valence-corrected chi connectivity index (χ1v) is 11.0. The largest absolute Gasteiger partial charge is 0.460 e. The van der Waals surface area contributed by atoms with Gasteiger partial charge >= 0.3 is 5.97 Å². The molecule has 3 aromatic rings. The molecule has 4 heterocycles. The van der Waals surface area contributed by atoms with Gasteiger partial charge in [0.2, 0.25) is 11.7 Å². The van der Waals surface area contributed by atoms with E-state index in [1.54, 1.807) is 41.8 Å². The van der Waals surface area contributed by atoms with Crippen LogP contribution in [0.25, 0.3) is 17.1 Å². The van der Waals surface area contributed by atoms with Gasteiger partial charge in [-0.25, -0.2) is 9.78 Å². The van der Waals surface area contributed by atoms with Crippen molar-refractivity contribution in [3.63, 3.8) is 0 Å². The maximum Gasteiger partial charge on any atom is 0.347 e. The fourth-order valence-electron chi connectivity index (χ4n) is 3.30. The molecule has 9 heteroatoms. The van der Waals surface area contributed by atoms with E-state index < -0.39 is 11.8 Å². The van der Waals surface area contributed by atoms with Gasteiger partial charge in [-0.15, -0.1) is 11.3 Å². The number of rotatable bonds is 8. The molecule has 1 aliphatic heterocycles. The van der Waals surface area contributed by atoms with Crippen molar-refractivity contribution in [3.8, 4) is 0 Å². The van der Waals surface area contributed by atoms with E-state index in [9.17, 15) is 9.59 Å². The van der Waals surface area contributed by atoms with E-state index in [0.29, 0.717) is 18.7 Å². The highest BCUT2D eigenvalue weighted by Crippen LogP contribution is 2.31. The number of carbonyl (C=O) groups is 2. The van der Waals surface area contributed by atoms with Gasteiger partial charge in [-0.1, -0.05) is 6.07 Å². The van der Waals surface area contributed by atoms with E-state index >= 15 is 0 Å². The Hall–Kier alpha value is -3.43. The first-order chi connectivity index (χ1) is 15.4. The van der Waals surface area contributed by atoms with Crippen LogP contribution in [0.5, 0.6) is 0 Å². The van der Waals surface area contributed by atoms with Gasteiger partial charge in [0.1, 0.15) is 12.3 Å². The third kappa shape index (κ3) is 4.58. The van der Waals surface area contributed by atoms with Gasteiger partial charge in [0.25, 0.3) is 0 Å². The number of ketones is 1. The van der Waals surface area contributed by atoms with Crippen molar-refractivity contribution in [1.82, 2.24) is 19.8 Å². The third-order valence-corrected chi connectivity index (χ3v) is 5.80. The summed E-state index contributed by atoms with van der Waals surface area (Å²) in [6, 6.07) is 7.67. The first kappa shape index (κ1) is 21.8. The van der Waals surface area contributed by atoms with E-state index in [1.165, 1.54) is 0 Å². The minimum Gasteiger partial charge on any atom is -0.460 e. The van der Waals surface area contributed by atoms with Crippen LogP contribution < -0.4 is 0 Å². The van der Waals surface area contributed by atoms with Crippen molar-refractivity contribution in [2.24, 2.45) is 0 Å². The number of nitrogens with zero attached hydrogens (tertiary/aromatic N) is 3. The molecule has 0 bridgehead atoms. The number of ether oxygens (including phenoxy) is 2. The van der Waals surface area contributed by atoms with Crippen molar-refractivity contribution in [2.45, 2.75) is 6.54 Å². The molecule has 0 saturated carbocycles. The highest BCUT2D eigenvalue weighted by Gasteiger charge is 2.38. The summed E-state index contributed by atoms with van der Waals surface area (Å²) < 4.78 is 11.3. The van der Waals surface area contributed by atoms with Crippen LogP contribution in [0.3, 0.4) is 0 Å². The molecule has 1 aliphatic rings. The fraction of sp³-hybridized carbons (Fsp3) is 0.261. The van der Waals surface area contributed by atoms with Crippen molar-refractivity contribution in [1.29, 1.82) is 0 Å². The Labute approximate surface area is 189 Å². The zero-order valence-corrected chi connectivity index (χ0v) is 18.9. The second-order valence-electron chi connectivity index (χ2n) is 7.64. The van der Waals surface area contributed by atoms with Crippen LogP contribution in [-0.4, -0.2) is 65.8 Å². The molecule has 0 unspecified atom stereocenters. The Morgan fingerprint density at radius 2 is 2.12 bits per heavy atom. The number of aromatic nitrogens is 2. The molecule has 0 aliphatic carbocycles. The number of H-pyrrole nitrogens is 1. The number of esters is 1. The number of nitrogens with one attached hydrogen (secondary N) is 1. The van der Waals surface area contributed by atoms with Crippen molar-refractivity contribution >= 4 is 40.2 Å². The molecule has 3 aromatic heterocycles. The topological polar surface area (TPSA) is 87.8 Å². The van der Waals surface area contributed by atoms with Crippen LogP contribution in [0.15, 0.2) is 59.3 Å². The summed E-state index contributed by atoms with van der Waals surface area (Å²) in [4.78, 5) is 38.1. The van der Waals surface area contributed by atoms with E-state index in [2.05, 4.69) is 9.97 Å². The van der Waals surface area contributed by atoms with Crippen molar-refractivity contribution in [3.05, 3.63) is 69.7 Å². The number of Topliss-reactive ketones (excluding diaryl/α,β-unsaturated/α-hetero) is 1. The molecule has 0 aromatic carbocycles. The zero-order chi connectivity index (χ0) is 22.7. The highest BCUT2D eigenvalue weighted by atomic mass is 32.1.